The molecule has 23 heavy (non-hydrogen) atoms. The fourth-order valence-electron chi connectivity index (χ4n) is 3.44. The number of methoxy groups -OCH3 is 1. The van der Waals surface area contributed by atoms with Gasteiger partial charge in [0, 0.05) is 33.3 Å². The average molecular weight is 313 g/mol. The van der Waals surface area contributed by atoms with Gasteiger partial charge in [0.05, 0.1) is 11.6 Å². The molecule has 1 aliphatic carbocycles. The molecule has 4 rings (SSSR count). The van der Waals surface area contributed by atoms with Crippen LogP contribution in [0.3, 0.4) is 0 Å². The number of nitrogens with zero attached hydrogens (tertiary/aromatic N) is 4. The van der Waals surface area contributed by atoms with E-state index in [1.54, 1.807) is 7.11 Å². The monoisotopic (exact) mass is 313 g/mol. The van der Waals surface area contributed by atoms with Crippen molar-refractivity contribution in [3.05, 3.63) is 23.3 Å². The highest BCUT2D eigenvalue weighted by molar-refractivity contribution is 5.77. The first kappa shape index (κ1) is 14.8. The van der Waals surface area contributed by atoms with E-state index in [9.17, 15) is 0 Å². The number of hydrogen-bond acceptors (Lipinski definition) is 6. The van der Waals surface area contributed by atoms with Crippen LogP contribution in [0.2, 0.25) is 0 Å². The van der Waals surface area contributed by atoms with Gasteiger partial charge in [0.2, 0.25) is 5.95 Å². The first-order valence-electron chi connectivity index (χ1n) is 8.47. The number of ether oxygens (including phenoxy) is 1. The Balaban J connectivity index is 1.32. The molecule has 6 nitrogen and oxygen atoms in total. The third kappa shape index (κ3) is 3.14. The van der Waals surface area contributed by atoms with E-state index in [1.807, 2.05) is 0 Å². The summed E-state index contributed by atoms with van der Waals surface area (Å²) in [5.41, 5.74) is 4.70. The summed E-state index contributed by atoms with van der Waals surface area (Å²) in [5, 5.41) is 11.8. The molecule has 122 valence electrons. The molecule has 0 saturated carbocycles. The van der Waals surface area contributed by atoms with Crippen LogP contribution >= 0.6 is 0 Å². The number of anilines is 1. The highest BCUT2D eigenvalue weighted by Crippen LogP contribution is 2.25. The van der Waals surface area contributed by atoms with Crippen LogP contribution in [0.1, 0.15) is 24.0 Å². The molecule has 1 N–H and O–H groups in total. The van der Waals surface area contributed by atoms with Gasteiger partial charge in [-0.15, -0.1) is 10.2 Å². The number of aromatic nitrogens is 3. The van der Waals surface area contributed by atoms with Gasteiger partial charge in [-0.1, -0.05) is 0 Å². The summed E-state index contributed by atoms with van der Waals surface area (Å²) >= 11 is 0. The maximum atomic E-state index is 5.28. The van der Waals surface area contributed by atoms with Gasteiger partial charge >= 0.3 is 0 Å². The van der Waals surface area contributed by atoms with Crippen LogP contribution in [0.25, 0.3) is 11.0 Å². The van der Waals surface area contributed by atoms with Crippen LogP contribution < -0.4 is 5.32 Å². The number of hydrogen-bond donors (Lipinski definition) is 1. The fourth-order valence-corrected chi connectivity index (χ4v) is 3.44. The van der Waals surface area contributed by atoms with Gasteiger partial charge in [-0.3, -0.25) is 4.90 Å². The molecular weight excluding hydrogens is 290 g/mol. The van der Waals surface area contributed by atoms with Crippen LogP contribution in [0.4, 0.5) is 5.95 Å². The molecule has 2 heterocycles. The minimum atomic E-state index is 0.428. The normalized spacial score (nSPS) is 18.1. The van der Waals surface area contributed by atoms with Gasteiger partial charge in [0.25, 0.3) is 0 Å². The van der Waals surface area contributed by atoms with Crippen LogP contribution in [-0.4, -0.2) is 59.5 Å². The van der Waals surface area contributed by atoms with Gasteiger partial charge in [0.1, 0.15) is 5.52 Å². The lowest BCUT2D eigenvalue weighted by molar-refractivity contribution is -0.0290. The Kier molecular flexibility index (Phi) is 4.10. The second kappa shape index (κ2) is 6.37. The summed E-state index contributed by atoms with van der Waals surface area (Å²) in [6.07, 6.45) is 5.06. The Hall–Kier alpha value is -1.79. The fraction of sp³-hybridized carbons (Fsp3) is 0.588. The van der Waals surface area contributed by atoms with Crippen molar-refractivity contribution in [3.8, 4) is 0 Å². The van der Waals surface area contributed by atoms with Gasteiger partial charge in [-0.05, 0) is 48.9 Å². The molecule has 2 aromatic rings. The second-order valence-electron chi connectivity index (χ2n) is 6.50. The summed E-state index contributed by atoms with van der Waals surface area (Å²) in [5.74, 6) is 0.633. The lowest BCUT2D eigenvalue weighted by Crippen LogP contribution is -2.52. The maximum Gasteiger partial charge on any atom is 0.243 e. The number of aryl methyl sites for hydroxylation is 2. The Morgan fingerprint density at radius 2 is 1.96 bits per heavy atom. The van der Waals surface area contributed by atoms with E-state index in [2.05, 4.69) is 37.5 Å². The number of benzene rings is 1. The van der Waals surface area contributed by atoms with Crippen LogP contribution in [0.5, 0.6) is 0 Å². The molecule has 1 aromatic carbocycles. The highest BCUT2D eigenvalue weighted by atomic mass is 16.5. The molecule has 1 aliphatic heterocycles. The summed E-state index contributed by atoms with van der Waals surface area (Å²) in [4.78, 5) is 7.01. The molecule has 0 spiro atoms. The molecule has 1 saturated heterocycles. The van der Waals surface area contributed by atoms with Crippen molar-refractivity contribution >= 4 is 17.0 Å². The Morgan fingerprint density at radius 3 is 2.74 bits per heavy atom. The van der Waals surface area contributed by atoms with Crippen molar-refractivity contribution < 1.29 is 4.74 Å². The Morgan fingerprint density at radius 1 is 1.17 bits per heavy atom. The Labute approximate surface area is 136 Å². The van der Waals surface area contributed by atoms with Crippen molar-refractivity contribution in [3.63, 3.8) is 0 Å². The summed E-state index contributed by atoms with van der Waals surface area (Å²) < 4.78 is 5.28. The van der Waals surface area contributed by atoms with E-state index < -0.39 is 0 Å². The average Bonchev–Trinajstić information content (AvgIpc) is 2.97. The first-order chi connectivity index (χ1) is 11.3. The first-order valence-corrected chi connectivity index (χ1v) is 8.47. The minimum absolute atomic E-state index is 0.428. The standard InChI is InChI=1S/C17H23N5O/c1-23-14-10-22(11-14)7-3-6-18-17-19-15-8-12-4-2-5-13(12)9-16(15)20-21-17/h8-9,14H,2-7,10-11H2,1H3,(H,18,19,21). The quantitative estimate of drug-likeness (QED) is 0.818. The SMILES string of the molecule is COC1CN(CCCNc2nnc3cc4c(cc3n2)CCC4)C1. The van der Waals surface area contributed by atoms with E-state index in [-0.39, 0.29) is 0 Å². The lowest BCUT2D eigenvalue weighted by atomic mass is 10.1. The number of nitrogens with one attached hydrogen (secondary N) is 1. The van der Waals surface area contributed by atoms with Crippen molar-refractivity contribution in [1.29, 1.82) is 0 Å². The van der Waals surface area contributed by atoms with E-state index in [1.165, 1.54) is 17.5 Å². The third-order valence-corrected chi connectivity index (χ3v) is 4.86. The second-order valence-corrected chi connectivity index (χ2v) is 6.50. The molecular formula is C17H23N5O. The van der Waals surface area contributed by atoms with E-state index in [4.69, 9.17) is 4.74 Å². The summed E-state index contributed by atoms with van der Waals surface area (Å²) in [6, 6.07) is 4.33. The van der Waals surface area contributed by atoms with Crippen molar-refractivity contribution in [2.45, 2.75) is 31.8 Å². The molecule has 6 heteroatoms. The van der Waals surface area contributed by atoms with Gasteiger partial charge < -0.3 is 10.1 Å². The zero-order chi connectivity index (χ0) is 15.6. The van der Waals surface area contributed by atoms with E-state index in [0.29, 0.717) is 12.1 Å². The van der Waals surface area contributed by atoms with Gasteiger partial charge in [-0.2, -0.15) is 0 Å². The molecule has 0 amide bonds. The van der Waals surface area contributed by atoms with E-state index in [0.717, 1.165) is 56.5 Å². The molecule has 0 atom stereocenters. The highest BCUT2D eigenvalue weighted by Gasteiger charge is 2.25. The van der Waals surface area contributed by atoms with Crippen LogP contribution in [0, 0.1) is 0 Å². The number of likely N-dealkylation sites (tertiary alicyclic amines) is 1. The predicted octanol–water partition coefficient (Wildman–Crippen LogP) is 1.65. The molecule has 0 unspecified atom stereocenters. The number of fused-ring (bicyclic) bond motifs is 2. The number of rotatable bonds is 6. The van der Waals surface area contributed by atoms with Crippen molar-refractivity contribution in [2.24, 2.45) is 0 Å². The minimum Gasteiger partial charge on any atom is -0.379 e. The predicted molar refractivity (Wildman–Crippen MR) is 89.7 cm³/mol. The lowest BCUT2D eigenvalue weighted by Gasteiger charge is -2.38. The topological polar surface area (TPSA) is 63.2 Å². The maximum absolute atomic E-state index is 5.28. The Bertz CT molecular complexity index is 699. The van der Waals surface area contributed by atoms with Crippen LogP contribution in [0.15, 0.2) is 12.1 Å². The van der Waals surface area contributed by atoms with E-state index >= 15 is 0 Å². The zero-order valence-electron chi connectivity index (χ0n) is 13.6. The van der Waals surface area contributed by atoms with Crippen LogP contribution in [-0.2, 0) is 17.6 Å². The molecule has 2 aliphatic rings. The van der Waals surface area contributed by atoms with Gasteiger partial charge in [-0.25, -0.2) is 4.98 Å². The molecule has 0 bridgehead atoms. The molecule has 1 fully saturated rings. The molecule has 0 radical (unpaired) electrons. The third-order valence-electron chi connectivity index (χ3n) is 4.86. The van der Waals surface area contributed by atoms with Gasteiger partial charge in [0.15, 0.2) is 0 Å². The summed E-state index contributed by atoms with van der Waals surface area (Å²) in [6.45, 7) is 4.05. The zero-order valence-corrected chi connectivity index (χ0v) is 13.6. The largest absolute Gasteiger partial charge is 0.379 e. The molecule has 1 aromatic heterocycles. The smallest absolute Gasteiger partial charge is 0.243 e. The van der Waals surface area contributed by atoms with Crippen molar-refractivity contribution in [1.82, 2.24) is 20.1 Å². The summed E-state index contributed by atoms with van der Waals surface area (Å²) in [7, 11) is 1.78. The van der Waals surface area contributed by atoms with Crippen molar-refractivity contribution in [2.75, 3.05) is 38.6 Å².